The maximum Gasteiger partial charge on any atom is 0.180 e. The van der Waals surface area contributed by atoms with Crippen LogP contribution in [0.5, 0.6) is 0 Å². The van der Waals surface area contributed by atoms with Gasteiger partial charge in [0.2, 0.25) is 0 Å². The molecule has 0 saturated carbocycles. The second kappa shape index (κ2) is 7.27. The van der Waals surface area contributed by atoms with E-state index in [1.54, 1.807) is 12.1 Å². The standard InChI is InChI=1S/C16H28N2O2S/c1-6-13-21(19,20)15-10-8-7-9-14(15)18(5)12-11-17-16(2,3)4/h7-10,17H,6,11-13H2,1-5H3. The van der Waals surface area contributed by atoms with Crippen LogP contribution in [0.25, 0.3) is 0 Å². The van der Waals surface area contributed by atoms with E-state index in [-0.39, 0.29) is 11.3 Å². The summed E-state index contributed by atoms with van der Waals surface area (Å²) in [5, 5.41) is 3.41. The molecule has 1 rings (SSSR count). The fraction of sp³-hybridized carbons (Fsp3) is 0.625. The molecule has 21 heavy (non-hydrogen) atoms. The number of hydrogen-bond acceptors (Lipinski definition) is 4. The van der Waals surface area contributed by atoms with Gasteiger partial charge in [-0.15, -0.1) is 0 Å². The van der Waals surface area contributed by atoms with Crippen molar-refractivity contribution in [1.29, 1.82) is 0 Å². The Balaban J connectivity index is 2.88. The van der Waals surface area contributed by atoms with Crippen molar-refractivity contribution in [1.82, 2.24) is 5.32 Å². The molecule has 0 aliphatic carbocycles. The van der Waals surface area contributed by atoms with Crippen molar-refractivity contribution in [2.24, 2.45) is 0 Å². The smallest absolute Gasteiger partial charge is 0.180 e. The van der Waals surface area contributed by atoms with Crippen LogP contribution >= 0.6 is 0 Å². The van der Waals surface area contributed by atoms with Crippen molar-refractivity contribution in [3.05, 3.63) is 24.3 Å². The van der Waals surface area contributed by atoms with Gasteiger partial charge in [0.05, 0.1) is 16.3 Å². The molecule has 0 aliphatic rings. The highest BCUT2D eigenvalue weighted by molar-refractivity contribution is 7.91. The van der Waals surface area contributed by atoms with E-state index in [9.17, 15) is 8.42 Å². The predicted molar refractivity (Wildman–Crippen MR) is 89.8 cm³/mol. The minimum Gasteiger partial charge on any atom is -0.372 e. The summed E-state index contributed by atoms with van der Waals surface area (Å²) in [5.74, 6) is 0.193. The Morgan fingerprint density at radius 2 is 1.81 bits per heavy atom. The number of likely N-dealkylation sites (N-methyl/N-ethyl adjacent to an activating group) is 1. The van der Waals surface area contributed by atoms with E-state index in [1.807, 2.05) is 31.0 Å². The van der Waals surface area contributed by atoms with Crippen LogP contribution in [0.2, 0.25) is 0 Å². The van der Waals surface area contributed by atoms with E-state index in [2.05, 4.69) is 26.1 Å². The van der Waals surface area contributed by atoms with Gasteiger partial charge in [0.15, 0.2) is 9.84 Å². The Morgan fingerprint density at radius 3 is 2.38 bits per heavy atom. The predicted octanol–water partition coefficient (Wildman–Crippen LogP) is 2.69. The number of hydrogen-bond donors (Lipinski definition) is 1. The van der Waals surface area contributed by atoms with Crippen LogP contribution < -0.4 is 10.2 Å². The van der Waals surface area contributed by atoms with Gasteiger partial charge >= 0.3 is 0 Å². The number of nitrogens with one attached hydrogen (secondary N) is 1. The van der Waals surface area contributed by atoms with Gasteiger partial charge in [-0.3, -0.25) is 0 Å². The number of benzene rings is 1. The lowest BCUT2D eigenvalue weighted by Crippen LogP contribution is -2.40. The van der Waals surface area contributed by atoms with Gasteiger partial charge in [-0.1, -0.05) is 19.1 Å². The van der Waals surface area contributed by atoms with E-state index in [0.717, 1.165) is 18.8 Å². The third-order valence-electron chi connectivity index (χ3n) is 3.19. The molecule has 0 fully saturated rings. The highest BCUT2D eigenvalue weighted by atomic mass is 32.2. The van der Waals surface area contributed by atoms with Gasteiger partial charge in [-0.25, -0.2) is 8.42 Å². The number of para-hydroxylation sites is 1. The SMILES string of the molecule is CCCS(=O)(=O)c1ccccc1N(C)CCNC(C)(C)C. The molecule has 0 unspecified atom stereocenters. The van der Waals surface area contributed by atoms with Gasteiger partial charge in [0, 0.05) is 25.7 Å². The minimum atomic E-state index is -3.20. The molecular formula is C16H28N2O2S. The van der Waals surface area contributed by atoms with Crippen molar-refractivity contribution < 1.29 is 8.42 Å². The van der Waals surface area contributed by atoms with E-state index >= 15 is 0 Å². The molecule has 120 valence electrons. The first-order chi connectivity index (χ1) is 9.67. The Labute approximate surface area is 129 Å². The fourth-order valence-electron chi connectivity index (χ4n) is 2.13. The number of rotatable bonds is 7. The summed E-state index contributed by atoms with van der Waals surface area (Å²) < 4.78 is 24.7. The first-order valence-electron chi connectivity index (χ1n) is 7.45. The Bertz CT molecular complexity index is 548. The van der Waals surface area contributed by atoms with Crippen molar-refractivity contribution >= 4 is 15.5 Å². The zero-order valence-electron chi connectivity index (χ0n) is 13.8. The fourth-order valence-corrected chi connectivity index (χ4v) is 3.72. The van der Waals surface area contributed by atoms with Gasteiger partial charge in [0.25, 0.3) is 0 Å². The molecule has 0 heterocycles. The molecule has 0 spiro atoms. The number of sulfone groups is 1. The van der Waals surface area contributed by atoms with E-state index in [0.29, 0.717) is 11.3 Å². The Kier molecular flexibility index (Phi) is 6.23. The third-order valence-corrected chi connectivity index (χ3v) is 5.15. The molecule has 1 aromatic rings. The quantitative estimate of drug-likeness (QED) is 0.841. The topological polar surface area (TPSA) is 49.4 Å². The maximum atomic E-state index is 12.3. The largest absolute Gasteiger partial charge is 0.372 e. The van der Waals surface area contributed by atoms with Crippen molar-refractivity contribution in [2.45, 2.75) is 44.6 Å². The third kappa shape index (κ3) is 5.67. The molecule has 1 aromatic carbocycles. The molecule has 0 radical (unpaired) electrons. The highest BCUT2D eigenvalue weighted by Crippen LogP contribution is 2.25. The van der Waals surface area contributed by atoms with Gasteiger partial charge in [-0.05, 0) is 39.3 Å². The number of anilines is 1. The lowest BCUT2D eigenvalue weighted by Gasteiger charge is -2.26. The second-order valence-electron chi connectivity index (χ2n) is 6.38. The summed E-state index contributed by atoms with van der Waals surface area (Å²) in [4.78, 5) is 2.44. The van der Waals surface area contributed by atoms with E-state index < -0.39 is 9.84 Å². The summed E-state index contributed by atoms with van der Waals surface area (Å²) in [6.45, 7) is 9.81. The monoisotopic (exact) mass is 312 g/mol. The average Bonchev–Trinajstić information content (AvgIpc) is 2.37. The molecule has 5 heteroatoms. The molecule has 0 amide bonds. The summed E-state index contributed by atoms with van der Waals surface area (Å²) in [7, 11) is -1.27. The molecule has 0 bridgehead atoms. The summed E-state index contributed by atoms with van der Waals surface area (Å²) >= 11 is 0. The summed E-state index contributed by atoms with van der Waals surface area (Å²) in [6.07, 6.45) is 0.631. The molecule has 0 aliphatic heterocycles. The van der Waals surface area contributed by atoms with Crippen LogP contribution in [-0.2, 0) is 9.84 Å². The first-order valence-corrected chi connectivity index (χ1v) is 9.10. The molecule has 0 aromatic heterocycles. The van der Waals surface area contributed by atoms with Crippen molar-refractivity contribution in [3.63, 3.8) is 0 Å². The summed E-state index contributed by atoms with van der Waals surface area (Å²) in [5.41, 5.74) is 0.843. The van der Waals surface area contributed by atoms with Crippen LogP contribution in [0, 0.1) is 0 Å². The Hall–Kier alpha value is -1.07. The first kappa shape index (κ1) is 18.0. The Morgan fingerprint density at radius 1 is 1.19 bits per heavy atom. The lowest BCUT2D eigenvalue weighted by atomic mass is 10.1. The van der Waals surface area contributed by atoms with Crippen LogP contribution in [0.1, 0.15) is 34.1 Å². The van der Waals surface area contributed by atoms with Gasteiger partial charge < -0.3 is 10.2 Å². The van der Waals surface area contributed by atoms with E-state index in [1.165, 1.54) is 0 Å². The van der Waals surface area contributed by atoms with Crippen molar-refractivity contribution in [2.75, 3.05) is 30.8 Å². The van der Waals surface area contributed by atoms with Gasteiger partial charge in [-0.2, -0.15) is 0 Å². The van der Waals surface area contributed by atoms with Gasteiger partial charge in [0.1, 0.15) is 0 Å². The van der Waals surface area contributed by atoms with E-state index in [4.69, 9.17) is 0 Å². The van der Waals surface area contributed by atoms with Crippen LogP contribution in [-0.4, -0.2) is 39.8 Å². The molecule has 4 nitrogen and oxygen atoms in total. The zero-order chi connectivity index (χ0) is 16.1. The molecule has 0 saturated heterocycles. The molecular weight excluding hydrogens is 284 g/mol. The van der Waals surface area contributed by atoms with Crippen LogP contribution in [0.15, 0.2) is 29.2 Å². The van der Waals surface area contributed by atoms with Crippen LogP contribution in [0.3, 0.4) is 0 Å². The van der Waals surface area contributed by atoms with Crippen molar-refractivity contribution in [3.8, 4) is 0 Å². The highest BCUT2D eigenvalue weighted by Gasteiger charge is 2.19. The minimum absolute atomic E-state index is 0.0641. The maximum absolute atomic E-state index is 12.3. The zero-order valence-corrected chi connectivity index (χ0v) is 14.6. The lowest BCUT2D eigenvalue weighted by molar-refractivity contribution is 0.430. The molecule has 0 atom stereocenters. The summed E-state index contributed by atoms with van der Waals surface area (Å²) in [6, 6.07) is 7.24. The molecule has 1 N–H and O–H groups in total. The van der Waals surface area contributed by atoms with Crippen LogP contribution in [0.4, 0.5) is 5.69 Å². The number of nitrogens with zero attached hydrogens (tertiary/aromatic N) is 1. The average molecular weight is 312 g/mol. The second-order valence-corrected chi connectivity index (χ2v) is 8.46. The normalized spacial score (nSPS) is 12.4.